The van der Waals surface area contributed by atoms with Crippen molar-refractivity contribution in [2.24, 2.45) is 5.92 Å². The largest absolute Gasteiger partial charge is 0.482 e. The Morgan fingerprint density at radius 1 is 1.22 bits per heavy atom. The second-order valence-corrected chi connectivity index (χ2v) is 10.5. The van der Waals surface area contributed by atoms with Crippen molar-refractivity contribution in [2.75, 3.05) is 30.3 Å². The van der Waals surface area contributed by atoms with E-state index in [1.807, 2.05) is 13.0 Å². The third kappa shape index (κ3) is 4.56. The van der Waals surface area contributed by atoms with Crippen molar-refractivity contribution in [3.05, 3.63) is 45.9 Å². The molecule has 2 aliphatic heterocycles. The Labute approximate surface area is 195 Å². The summed E-state index contributed by atoms with van der Waals surface area (Å²) in [6.07, 6.45) is 1.07. The van der Waals surface area contributed by atoms with Gasteiger partial charge < -0.3 is 15.4 Å². The molecule has 2 N–H and O–H groups in total. The third-order valence-corrected chi connectivity index (χ3v) is 8.06. The number of halogens is 2. The van der Waals surface area contributed by atoms with E-state index >= 15 is 0 Å². The van der Waals surface area contributed by atoms with E-state index in [1.165, 1.54) is 16.4 Å². The van der Waals surface area contributed by atoms with Crippen molar-refractivity contribution in [1.29, 1.82) is 0 Å². The first-order chi connectivity index (χ1) is 15.1. The van der Waals surface area contributed by atoms with Gasteiger partial charge in [0.25, 0.3) is 5.91 Å². The summed E-state index contributed by atoms with van der Waals surface area (Å²) in [4.78, 5) is 24.2. The molecule has 0 radical (unpaired) electrons. The lowest BCUT2D eigenvalue weighted by atomic mass is 9.98. The molecule has 8 nitrogen and oxygen atoms in total. The van der Waals surface area contributed by atoms with Crippen molar-refractivity contribution in [3.63, 3.8) is 0 Å². The number of fused-ring (bicyclic) bond motifs is 1. The third-order valence-electron chi connectivity index (χ3n) is 5.42. The van der Waals surface area contributed by atoms with Crippen LogP contribution in [0.4, 0.5) is 11.4 Å². The first-order valence-corrected chi connectivity index (χ1v) is 12.2. The number of carbonyl (C=O) groups excluding carboxylic acids is 2. The topological polar surface area (TPSA) is 105 Å². The van der Waals surface area contributed by atoms with Crippen LogP contribution in [0.15, 0.2) is 35.2 Å². The molecule has 0 aromatic heterocycles. The number of sulfonamides is 1. The molecule has 0 unspecified atom stereocenters. The van der Waals surface area contributed by atoms with Crippen LogP contribution in [0.3, 0.4) is 0 Å². The molecule has 2 amide bonds. The SMILES string of the molecule is Cc1ccc(NC(=O)[C@H]2CCCN(S(=O)(=O)c3cc4c(cc3Cl)NC(=O)CO4)C2)c(Cl)c1. The van der Waals surface area contributed by atoms with Gasteiger partial charge in [0.1, 0.15) is 10.6 Å². The van der Waals surface area contributed by atoms with Crippen LogP contribution in [0, 0.1) is 12.8 Å². The predicted octanol–water partition coefficient (Wildman–Crippen LogP) is 3.67. The molecule has 0 aliphatic carbocycles. The van der Waals surface area contributed by atoms with Crippen LogP contribution < -0.4 is 15.4 Å². The molecule has 2 aromatic carbocycles. The minimum absolute atomic E-state index is 0.0165. The van der Waals surface area contributed by atoms with E-state index in [-0.39, 0.29) is 47.2 Å². The summed E-state index contributed by atoms with van der Waals surface area (Å²) in [5.41, 5.74) is 1.77. The zero-order valence-electron chi connectivity index (χ0n) is 17.2. The molecule has 4 rings (SSSR count). The number of rotatable bonds is 4. The fraction of sp³-hybridized carbons (Fsp3) is 0.333. The zero-order chi connectivity index (χ0) is 23.0. The van der Waals surface area contributed by atoms with Crippen molar-refractivity contribution < 1.29 is 22.7 Å². The summed E-state index contributed by atoms with van der Waals surface area (Å²) >= 11 is 12.4. The van der Waals surface area contributed by atoms with E-state index in [2.05, 4.69) is 10.6 Å². The van der Waals surface area contributed by atoms with Crippen LogP contribution in [0.1, 0.15) is 18.4 Å². The average molecular weight is 498 g/mol. The zero-order valence-corrected chi connectivity index (χ0v) is 19.5. The van der Waals surface area contributed by atoms with E-state index in [1.54, 1.807) is 12.1 Å². The summed E-state index contributed by atoms with van der Waals surface area (Å²) in [5, 5.41) is 5.78. The highest BCUT2D eigenvalue weighted by Gasteiger charge is 2.35. The fourth-order valence-electron chi connectivity index (χ4n) is 3.75. The van der Waals surface area contributed by atoms with Gasteiger partial charge in [0, 0.05) is 19.2 Å². The Morgan fingerprint density at radius 3 is 2.75 bits per heavy atom. The highest BCUT2D eigenvalue weighted by Crippen LogP contribution is 2.37. The Hall–Kier alpha value is -2.33. The van der Waals surface area contributed by atoms with Crippen LogP contribution in [0.5, 0.6) is 5.75 Å². The molecular weight excluding hydrogens is 477 g/mol. The standard InChI is InChI=1S/C21H21Cl2N3O5S/c1-12-4-5-16(14(22)7-12)25-21(28)13-3-2-6-26(10-13)32(29,30)19-9-18-17(8-15(19)23)24-20(27)11-31-18/h4-5,7-9,13H,2-3,6,10-11H2,1H3,(H,24,27)(H,25,28)/t13-/m0/s1. The second-order valence-electron chi connectivity index (χ2n) is 7.79. The lowest BCUT2D eigenvalue weighted by molar-refractivity contribution is -0.121. The molecule has 170 valence electrons. The number of carbonyl (C=O) groups is 2. The summed E-state index contributed by atoms with van der Waals surface area (Å²) in [7, 11) is -3.99. The molecule has 0 spiro atoms. The number of nitrogens with one attached hydrogen (secondary N) is 2. The lowest BCUT2D eigenvalue weighted by Gasteiger charge is -2.31. The molecule has 0 bridgehead atoms. The van der Waals surface area contributed by atoms with Gasteiger partial charge in [-0.1, -0.05) is 29.3 Å². The molecule has 32 heavy (non-hydrogen) atoms. The fourth-order valence-corrected chi connectivity index (χ4v) is 6.07. The quantitative estimate of drug-likeness (QED) is 0.670. The van der Waals surface area contributed by atoms with Crippen LogP contribution >= 0.6 is 23.2 Å². The Kier molecular flexibility index (Phi) is 6.35. The van der Waals surface area contributed by atoms with Gasteiger partial charge in [-0.3, -0.25) is 9.59 Å². The van der Waals surface area contributed by atoms with Gasteiger partial charge in [-0.25, -0.2) is 8.42 Å². The summed E-state index contributed by atoms with van der Waals surface area (Å²) in [5.74, 6) is -0.947. The van der Waals surface area contributed by atoms with Crippen molar-refractivity contribution in [2.45, 2.75) is 24.7 Å². The van der Waals surface area contributed by atoms with Gasteiger partial charge in [0.2, 0.25) is 15.9 Å². The van der Waals surface area contributed by atoms with Crippen LogP contribution in [0.2, 0.25) is 10.0 Å². The predicted molar refractivity (Wildman–Crippen MR) is 122 cm³/mol. The van der Waals surface area contributed by atoms with Crippen molar-refractivity contribution in [1.82, 2.24) is 4.31 Å². The van der Waals surface area contributed by atoms with Crippen LogP contribution in [-0.4, -0.2) is 44.2 Å². The van der Waals surface area contributed by atoms with Gasteiger partial charge in [-0.05, 0) is 43.5 Å². The first kappa shape index (κ1) is 22.8. The molecular formula is C21H21Cl2N3O5S. The minimum Gasteiger partial charge on any atom is -0.482 e. The van der Waals surface area contributed by atoms with Gasteiger partial charge >= 0.3 is 0 Å². The maximum atomic E-state index is 13.3. The van der Waals surface area contributed by atoms with Crippen molar-refractivity contribution in [3.8, 4) is 5.75 Å². The molecule has 1 atom stereocenters. The highest BCUT2D eigenvalue weighted by atomic mass is 35.5. The lowest BCUT2D eigenvalue weighted by Crippen LogP contribution is -2.43. The monoisotopic (exact) mass is 497 g/mol. The molecule has 1 saturated heterocycles. The van der Waals surface area contributed by atoms with E-state index in [4.69, 9.17) is 27.9 Å². The van der Waals surface area contributed by atoms with E-state index in [0.717, 1.165) is 5.56 Å². The van der Waals surface area contributed by atoms with Crippen LogP contribution in [0.25, 0.3) is 0 Å². The molecule has 1 fully saturated rings. The molecule has 2 aromatic rings. The van der Waals surface area contributed by atoms with Crippen molar-refractivity contribution >= 4 is 56.4 Å². The number of benzene rings is 2. The molecule has 11 heteroatoms. The molecule has 0 saturated carbocycles. The number of anilines is 2. The number of piperidine rings is 1. The summed E-state index contributed by atoms with van der Waals surface area (Å²) in [6, 6.07) is 7.97. The van der Waals surface area contributed by atoms with Gasteiger partial charge in [-0.15, -0.1) is 0 Å². The molecule has 2 heterocycles. The van der Waals surface area contributed by atoms with E-state index in [0.29, 0.717) is 29.2 Å². The second kappa shape index (κ2) is 8.90. The minimum atomic E-state index is -3.99. The van der Waals surface area contributed by atoms with Crippen LogP contribution in [-0.2, 0) is 19.6 Å². The Balaban J connectivity index is 1.53. The number of hydrogen-bond acceptors (Lipinski definition) is 5. The smallest absolute Gasteiger partial charge is 0.262 e. The number of ether oxygens (including phenoxy) is 1. The number of hydrogen-bond donors (Lipinski definition) is 2. The highest BCUT2D eigenvalue weighted by molar-refractivity contribution is 7.89. The van der Waals surface area contributed by atoms with Gasteiger partial charge in [-0.2, -0.15) is 4.31 Å². The Bertz CT molecular complexity index is 1200. The summed E-state index contributed by atoms with van der Waals surface area (Å²) < 4.78 is 33.2. The summed E-state index contributed by atoms with van der Waals surface area (Å²) in [6.45, 7) is 1.97. The normalized spacial score (nSPS) is 19.0. The maximum absolute atomic E-state index is 13.3. The first-order valence-electron chi connectivity index (χ1n) is 9.98. The Morgan fingerprint density at radius 2 is 2.00 bits per heavy atom. The van der Waals surface area contributed by atoms with Gasteiger partial charge in [0.05, 0.1) is 27.3 Å². The van der Waals surface area contributed by atoms with Gasteiger partial charge in [0.15, 0.2) is 6.61 Å². The van der Waals surface area contributed by atoms with E-state index < -0.39 is 15.9 Å². The maximum Gasteiger partial charge on any atom is 0.262 e. The number of aryl methyl sites for hydroxylation is 1. The number of nitrogens with zero attached hydrogens (tertiary/aromatic N) is 1. The molecule has 2 aliphatic rings. The number of amides is 2. The van der Waals surface area contributed by atoms with E-state index in [9.17, 15) is 18.0 Å². The average Bonchev–Trinajstić information content (AvgIpc) is 2.75.